The van der Waals surface area contributed by atoms with Gasteiger partial charge in [0, 0.05) is 12.5 Å². The van der Waals surface area contributed by atoms with Gasteiger partial charge in [-0.05, 0) is 25.7 Å². The molecule has 0 radical (unpaired) electrons. The van der Waals surface area contributed by atoms with Crippen molar-refractivity contribution in [1.82, 2.24) is 5.32 Å². The Morgan fingerprint density at radius 2 is 2.14 bits per heavy atom. The number of nitrogens with two attached hydrogens (primary N) is 1. The van der Waals surface area contributed by atoms with Gasteiger partial charge in [0.15, 0.2) is 0 Å². The summed E-state index contributed by atoms with van der Waals surface area (Å²) >= 11 is 0. The normalized spacial score (nSPS) is 21.5. The lowest BCUT2D eigenvalue weighted by Gasteiger charge is -2.36. The molecule has 0 aliphatic heterocycles. The van der Waals surface area contributed by atoms with Crippen molar-refractivity contribution in [2.45, 2.75) is 45.6 Å². The molecule has 1 atom stereocenters. The number of nitrogens with one attached hydrogen (secondary N) is 1. The smallest absolute Gasteiger partial charge is 0.223 e. The average Bonchev–Trinajstić information content (AvgIpc) is 2.00. The molecule has 0 saturated heterocycles. The van der Waals surface area contributed by atoms with Crippen LogP contribution < -0.4 is 11.1 Å². The first-order valence-corrected chi connectivity index (χ1v) is 5.51. The minimum Gasteiger partial charge on any atom is -0.349 e. The maximum absolute atomic E-state index is 11.7. The van der Waals surface area contributed by atoms with Crippen LogP contribution in [0.5, 0.6) is 0 Å². The van der Waals surface area contributed by atoms with Gasteiger partial charge in [0.2, 0.25) is 5.91 Å². The minimum atomic E-state index is -0.243. The summed E-state index contributed by atoms with van der Waals surface area (Å²) in [6.45, 7) is 6.71. The average molecular weight is 198 g/mol. The van der Waals surface area contributed by atoms with Crippen LogP contribution in [0.15, 0.2) is 0 Å². The van der Waals surface area contributed by atoms with Gasteiger partial charge in [-0.25, -0.2) is 0 Å². The van der Waals surface area contributed by atoms with E-state index in [0.29, 0.717) is 12.5 Å². The van der Waals surface area contributed by atoms with Crippen molar-refractivity contribution in [2.24, 2.45) is 17.6 Å². The summed E-state index contributed by atoms with van der Waals surface area (Å²) in [5.74, 6) is 0.814. The Bertz CT molecular complexity index is 211. The molecule has 0 aromatic carbocycles. The van der Waals surface area contributed by atoms with E-state index in [1.54, 1.807) is 0 Å². The van der Waals surface area contributed by atoms with Gasteiger partial charge in [-0.15, -0.1) is 0 Å². The Morgan fingerprint density at radius 3 is 2.43 bits per heavy atom. The Hall–Kier alpha value is -0.570. The van der Waals surface area contributed by atoms with Crippen molar-refractivity contribution in [3.8, 4) is 0 Å². The zero-order chi connectivity index (χ0) is 10.8. The van der Waals surface area contributed by atoms with Crippen LogP contribution in [-0.4, -0.2) is 18.0 Å². The third kappa shape index (κ3) is 2.27. The topological polar surface area (TPSA) is 55.1 Å². The molecule has 0 heterocycles. The van der Waals surface area contributed by atoms with E-state index in [2.05, 4.69) is 19.2 Å². The van der Waals surface area contributed by atoms with Crippen molar-refractivity contribution in [1.29, 1.82) is 0 Å². The quantitative estimate of drug-likeness (QED) is 0.715. The molecule has 1 amide bonds. The summed E-state index contributed by atoms with van der Waals surface area (Å²) in [5, 5.41) is 3.08. The van der Waals surface area contributed by atoms with Crippen LogP contribution in [0.3, 0.4) is 0 Å². The van der Waals surface area contributed by atoms with E-state index < -0.39 is 0 Å². The van der Waals surface area contributed by atoms with E-state index in [9.17, 15) is 4.79 Å². The van der Waals surface area contributed by atoms with E-state index in [1.807, 2.05) is 6.92 Å². The van der Waals surface area contributed by atoms with Gasteiger partial charge < -0.3 is 11.1 Å². The predicted octanol–water partition coefficient (Wildman–Crippen LogP) is 1.28. The Kier molecular flexibility index (Phi) is 3.53. The van der Waals surface area contributed by atoms with Crippen LogP contribution in [0.2, 0.25) is 0 Å². The number of carbonyl (C=O) groups is 1. The third-order valence-electron chi connectivity index (χ3n) is 3.58. The first kappa shape index (κ1) is 11.5. The summed E-state index contributed by atoms with van der Waals surface area (Å²) in [5.41, 5.74) is 5.46. The fourth-order valence-electron chi connectivity index (χ4n) is 1.49. The maximum atomic E-state index is 11.7. The molecule has 1 aliphatic rings. The molecular formula is C11H22N2O. The molecule has 3 N–H and O–H groups in total. The standard InChI is InChI=1S/C11H22N2O/c1-8(2)11(3,7-12)13-10(14)9-5-4-6-9/h8-9H,4-7,12H2,1-3H3,(H,13,14). The molecule has 0 aromatic heterocycles. The third-order valence-corrected chi connectivity index (χ3v) is 3.58. The van der Waals surface area contributed by atoms with Crippen molar-refractivity contribution in [3.63, 3.8) is 0 Å². The molecule has 1 rings (SSSR count). The molecule has 1 aliphatic carbocycles. The lowest BCUT2D eigenvalue weighted by Crippen LogP contribution is -2.56. The second-order valence-corrected chi connectivity index (χ2v) is 4.89. The van der Waals surface area contributed by atoms with E-state index >= 15 is 0 Å². The lowest BCUT2D eigenvalue weighted by molar-refractivity contribution is -0.129. The zero-order valence-electron chi connectivity index (χ0n) is 9.47. The van der Waals surface area contributed by atoms with Crippen LogP contribution in [0.1, 0.15) is 40.0 Å². The molecule has 14 heavy (non-hydrogen) atoms. The highest BCUT2D eigenvalue weighted by Gasteiger charge is 2.33. The first-order chi connectivity index (χ1) is 6.49. The van der Waals surface area contributed by atoms with Gasteiger partial charge in [-0.3, -0.25) is 4.79 Å². The van der Waals surface area contributed by atoms with Crippen LogP contribution in [0.4, 0.5) is 0 Å². The summed E-state index contributed by atoms with van der Waals surface area (Å²) in [7, 11) is 0. The SMILES string of the molecule is CC(C)C(C)(CN)NC(=O)C1CCC1. The highest BCUT2D eigenvalue weighted by Crippen LogP contribution is 2.27. The van der Waals surface area contributed by atoms with Gasteiger partial charge in [-0.2, -0.15) is 0 Å². The van der Waals surface area contributed by atoms with Crippen molar-refractivity contribution >= 4 is 5.91 Å². The van der Waals surface area contributed by atoms with E-state index in [1.165, 1.54) is 6.42 Å². The summed E-state index contributed by atoms with van der Waals surface area (Å²) in [6.07, 6.45) is 3.29. The van der Waals surface area contributed by atoms with Crippen LogP contribution >= 0.6 is 0 Å². The number of rotatable bonds is 4. The number of amides is 1. The van der Waals surface area contributed by atoms with Crippen molar-refractivity contribution in [2.75, 3.05) is 6.54 Å². The maximum Gasteiger partial charge on any atom is 0.223 e. The second kappa shape index (κ2) is 4.30. The minimum absolute atomic E-state index is 0.193. The summed E-state index contributed by atoms with van der Waals surface area (Å²) in [4.78, 5) is 11.7. The van der Waals surface area contributed by atoms with Gasteiger partial charge in [0.05, 0.1) is 5.54 Å². The molecule has 0 bridgehead atoms. The molecule has 0 aromatic rings. The fourth-order valence-corrected chi connectivity index (χ4v) is 1.49. The Morgan fingerprint density at radius 1 is 1.57 bits per heavy atom. The van der Waals surface area contributed by atoms with E-state index in [4.69, 9.17) is 5.73 Å². The number of carbonyl (C=O) groups excluding carboxylic acids is 1. The number of hydrogen-bond acceptors (Lipinski definition) is 2. The van der Waals surface area contributed by atoms with E-state index in [0.717, 1.165) is 12.8 Å². The molecular weight excluding hydrogens is 176 g/mol. The summed E-state index contributed by atoms with van der Waals surface area (Å²) < 4.78 is 0. The second-order valence-electron chi connectivity index (χ2n) is 4.89. The van der Waals surface area contributed by atoms with Crippen LogP contribution in [-0.2, 0) is 4.79 Å². The van der Waals surface area contributed by atoms with E-state index in [-0.39, 0.29) is 17.4 Å². The fraction of sp³-hybridized carbons (Fsp3) is 0.909. The van der Waals surface area contributed by atoms with Crippen LogP contribution in [0.25, 0.3) is 0 Å². The van der Waals surface area contributed by atoms with Gasteiger partial charge >= 0.3 is 0 Å². The molecule has 1 fully saturated rings. The largest absolute Gasteiger partial charge is 0.349 e. The van der Waals surface area contributed by atoms with Gasteiger partial charge in [0.1, 0.15) is 0 Å². The zero-order valence-corrected chi connectivity index (χ0v) is 9.47. The van der Waals surface area contributed by atoms with Crippen molar-refractivity contribution < 1.29 is 4.79 Å². The molecule has 82 valence electrons. The highest BCUT2D eigenvalue weighted by molar-refractivity contribution is 5.80. The summed E-state index contributed by atoms with van der Waals surface area (Å²) in [6, 6.07) is 0. The molecule has 0 spiro atoms. The Labute approximate surface area is 86.4 Å². The number of hydrogen-bond donors (Lipinski definition) is 2. The van der Waals surface area contributed by atoms with Crippen LogP contribution in [0, 0.1) is 11.8 Å². The Balaban J connectivity index is 2.50. The first-order valence-electron chi connectivity index (χ1n) is 5.51. The highest BCUT2D eigenvalue weighted by atomic mass is 16.2. The van der Waals surface area contributed by atoms with Gasteiger partial charge in [-0.1, -0.05) is 20.3 Å². The molecule has 1 saturated carbocycles. The predicted molar refractivity (Wildman–Crippen MR) is 57.8 cm³/mol. The van der Waals surface area contributed by atoms with Crippen molar-refractivity contribution in [3.05, 3.63) is 0 Å². The molecule has 1 unspecified atom stereocenters. The van der Waals surface area contributed by atoms with Gasteiger partial charge in [0.25, 0.3) is 0 Å². The monoisotopic (exact) mass is 198 g/mol. The molecule has 3 nitrogen and oxygen atoms in total. The molecule has 3 heteroatoms. The lowest BCUT2D eigenvalue weighted by atomic mass is 9.82.